The average Bonchev–Trinajstić information content (AvgIpc) is 2.17. The predicted octanol–water partition coefficient (Wildman–Crippen LogP) is 2.87. The highest BCUT2D eigenvalue weighted by molar-refractivity contribution is 6.17. The predicted molar refractivity (Wildman–Crippen MR) is 50.2 cm³/mol. The van der Waals surface area contributed by atoms with Gasteiger partial charge in [-0.3, -0.25) is 0 Å². The molecule has 0 atom stereocenters. The summed E-state index contributed by atoms with van der Waals surface area (Å²) in [4.78, 5) is 0. The lowest BCUT2D eigenvalue weighted by atomic mass is 10.1. The summed E-state index contributed by atoms with van der Waals surface area (Å²) in [5.41, 5.74) is 1.06. The standard InChI is InChI=1S/C10H9ClFN/c11-5-1-2-9-6-8(7-13)3-4-10(9)12/h3-4,6H,1-2,5H2. The van der Waals surface area contributed by atoms with Gasteiger partial charge in [-0.25, -0.2) is 4.39 Å². The van der Waals surface area contributed by atoms with Crippen LogP contribution in [0.25, 0.3) is 0 Å². The summed E-state index contributed by atoms with van der Waals surface area (Å²) in [5.74, 6) is 0.250. The minimum absolute atomic E-state index is 0.260. The summed E-state index contributed by atoms with van der Waals surface area (Å²) in [6, 6.07) is 6.34. The first kappa shape index (κ1) is 10.0. The molecular formula is C10H9ClFN. The Kier molecular flexibility index (Phi) is 3.72. The number of halogens is 2. The molecule has 0 radical (unpaired) electrons. The molecule has 0 aromatic heterocycles. The first-order valence-electron chi connectivity index (χ1n) is 4.02. The van der Waals surface area contributed by atoms with Crippen molar-refractivity contribution in [1.82, 2.24) is 0 Å². The van der Waals surface area contributed by atoms with Gasteiger partial charge in [0, 0.05) is 5.88 Å². The number of alkyl halides is 1. The van der Waals surface area contributed by atoms with Gasteiger partial charge in [-0.1, -0.05) is 0 Å². The molecule has 0 unspecified atom stereocenters. The van der Waals surface area contributed by atoms with E-state index < -0.39 is 0 Å². The van der Waals surface area contributed by atoms with Crippen LogP contribution in [0.15, 0.2) is 18.2 Å². The Morgan fingerprint density at radius 3 is 2.85 bits per heavy atom. The second-order valence-electron chi connectivity index (χ2n) is 2.71. The van der Waals surface area contributed by atoms with Gasteiger partial charge in [0.05, 0.1) is 11.6 Å². The van der Waals surface area contributed by atoms with Gasteiger partial charge in [-0.15, -0.1) is 11.6 Å². The van der Waals surface area contributed by atoms with Crippen LogP contribution in [0.4, 0.5) is 4.39 Å². The lowest BCUT2D eigenvalue weighted by Gasteiger charge is -2.01. The maximum absolute atomic E-state index is 13.1. The van der Waals surface area contributed by atoms with Crippen molar-refractivity contribution in [2.24, 2.45) is 0 Å². The molecule has 0 N–H and O–H groups in total. The third-order valence-electron chi connectivity index (χ3n) is 1.75. The van der Waals surface area contributed by atoms with Crippen molar-refractivity contribution in [2.75, 3.05) is 5.88 Å². The van der Waals surface area contributed by atoms with E-state index in [1.807, 2.05) is 6.07 Å². The molecule has 0 aliphatic carbocycles. The van der Waals surface area contributed by atoms with Crippen LogP contribution < -0.4 is 0 Å². The van der Waals surface area contributed by atoms with E-state index in [1.165, 1.54) is 12.1 Å². The molecule has 0 saturated carbocycles. The van der Waals surface area contributed by atoms with Gasteiger partial charge >= 0.3 is 0 Å². The molecule has 0 aliphatic rings. The highest BCUT2D eigenvalue weighted by Gasteiger charge is 2.02. The van der Waals surface area contributed by atoms with Crippen molar-refractivity contribution >= 4 is 11.6 Å². The zero-order chi connectivity index (χ0) is 9.68. The lowest BCUT2D eigenvalue weighted by Crippen LogP contribution is -1.92. The Balaban J connectivity index is 2.85. The third kappa shape index (κ3) is 2.71. The first-order valence-corrected chi connectivity index (χ1v) is 4.56. The largest absolute Gasteiger partial charge is 0.207 e. The molecule has 1 nitrogen and oxygen atoms in total. The second kappa shape index (κ2) is 4.84. The van der Waals surface area contributed by atoms with Crippen LogP contribution in [-0.2, 0) is 6.42 Å². The number of hydrogen-bond acceptors (Lipinski definition) is 1. The lowest BCUT2D eigenvalue weighted by molar-refractivity contribution is 0.607. The van der Waals surface area contributed by atoms with Crippen LogP contribution >= 0.6 is 11.6 Å². The Bertz CT molecular complexity index is 330. The zero-order valence-corrected chi connectivity index (χ0v) is 7.81. The molecule has 1 aromatic carbocycles. The van der Waals surface area contributed by atoms with Crippen molar-refractivity contribution in [3.05, 3.63) is 35.1 Å². The van der Waals surface area contributed by atoms with E-state index in [4.69, 9.17) is 16.9 Å². The van der Waals surface area contributed by atoms with E-state index in [0.717, 1.165) is 6.42 Å². The monoisotopic (exact) mass is 197 g/mol. The smallest absolute Gasteiger partial charge is 0.126 e. The fourth-order valence-corrected chi connectivity index (χ4v) is 1.23. The van der Waals surface area contributed by atoms with E-state index in [9.17, 15) is 4.39 Å². The number of rotatable bonds is 3. The summed E-state index contributed by atoms with van der Waals surface area (Å²) >= 11 is 5.49. The third-order valence-corrected chi connectivity index (χ3v) is 2.02. The fraction of sp³-hybridized carbons (Fsp3) is 0.300. The van der Waals surface area contributed by atoms with Gasteiger partial charge in [-0.05, 0) is 36.6 Å². The second-order valence-corrected chi connectivity index (χ2v) is 3.09. The van der Waals surface area contributed by atoms with Gasteiger partial charge in [0.15, 0.2) is 0 Å². The number of nitrogens with zero attached hydrogens (tertiary/aromatic N) is 1. The van der Waals surface area contributed by atoms with Crippen LogP contribution in [0.2, 0.25) is 0 Å². The summed E-state index contributed by atoms with van der Waals surface area (Å²) < 4.78 is 13.1. The maximum Gasteiger partial charge on any atom is 0.126 e. The van der Waals surface area contributed by atoms with Crippen LogP contribution in [-0.4, -0.2) is 5.88 Å². The zero-order valence-electron chi connectivity index (χ0n) is 7.06. The molecule has 0 saturated heterocycles. The highest BCUT2D eigenvalue weighted by atomic mass is 35.5. The summed E-state index contributed by atoms with van der Waals surface area (Å²) in [5, 5.41) is 8.58. The molecule has 0 aliphatic heterocycles. The quantitative estimate of drug-likeness (QED) is 0.684. The van der Waals surface area contributed by atoms with Crippen molar-refractivity contribution < 1.29 is 4.39 Å². The van der Waals surface area contributed by atoms with Gasteiger partial charge in [0.1, 0.15) is 5.82 Å². The van der Waals surface area contributed by atoms with Crippen molar-refractivity contribution in [3.63, 3.8) is 0 Å². The Labute approximate surface area is 81.8 Å². The van der Waals surface area contributed by atoms with Gasteiger partial charge in [0.2, 0.25) is 0 Å². The fourth-order valence-electron chi connectivity index (χ4n) is 1.09. The molecule has 13 heavy (non-hydrogen) atoms. The molecule has 0 spiro atoms. The number of hydrogen-bond donors (Lipinski definition) is 0. The minimum atomic E-state index is -0.260. The van der Waals surface area contributed by atoms with E-state index in [0.29, 0.717) is 23.4 Å². The van der Waals surface area contributed by atoms with Gasteiger partial charge < -0.3 is 0 Å². The van der Waals surface area contributed by atoms with Gasteiger partial charge in [0.25, 0.3) is 0 Å². The normalized spacial score (nSPS) is 9.62. The molecular weight excluding hydrogens is 189 g/mol. The molecule has 0 fully saturated rings. The number of aryl methyl sites for hydroxylation is 1. The molecule has 0 amide bonds. The van der Waals surface area contributed by atoms with Crippen molar-refractivity contribution in [2.45, 2.75) is 12.8 Å². The molecule has 0 bridgehead atoms. The summed E-state index contributed by atoms with van der Waals surface area (Å²) in [6.45, 7) is 0. The highest BCUT2D eigenvalue weighted by Crippen LogP contribution is 2.12. The number of benzene rings is 1. The van der Waals surface area contributed by atoms with E-state index in [2.05, 4.69) is 0 Å². The van der Waals surface area contributed by atoms with E-state index in [-0.39, 0.29) is 5.82 Å². The van der Waals surface area contributed by atoms with E-state index in [1.54, 1.807) is 6.07 Å². The Morgan fingerprint density at radius 2 is 2.23 bits per heavy atom. The minimum Gasteiger partial charge on any atom is -0.207 e. The van der Waals surface area contributed by atoms with Crippen molar-refractivity contribution in [3.8, 4) is 6.07 Å². The van der Waals surface area contributed by atoms with E-state index >= 15 is 0 Å². The molecule has 1 aromatic rings. The van der Waals surface area contributed by atoms with Gasteiger partial charge in [-0.2, -0.15) is 5.26 Å². The summed E-state index contributed by atoms with van der Waals surface area (Å²) in [6.07, 6.45) is 1.32. The maximum atomic E-state index is 13.1. The van der Waals surface area contributed by atoms with Crippen LogP contribution in [0.5, 0.6) is 0 Å². The Hall–Kier alpha value is -1.07. The Morgan fingerprint density at radius 1 is 1.46 bits per heavy atom. The topological polar surface area (TPSA) is 23.8 Å². The molecule has 0 heterocycles. The van der Waals surface area contributed by atoms with Crippen LogP contribution in [0.1, 0.15) is 17.5 Å². The molecule has 68 valence electrons. The first-order chi connectivity index (χ1) is 6.27. The SMILES string of the molecule is N#Cc1ccc(F)c(CCCCl)c1. The average molecular weight is 198 g/mol. The number of nitriles is 1. The molecule has 1 rings (SSSR count). The summed E-state index contributed by atoms with van der Waals surface area (Å²) in [7, 11) is 0. The van der Waals surface area contributed by atoms with Crippen LogP contribution in [0, 0.1) is 17.1 Å². The van der Waals surface area contributed by atoms with Crippen molar-refractivity contribution in [1.29, 1.82) is 5.26 Å². The van der Waals surface area contributed by atoms with Crippen LogP contribution in [0.3, 0.4) is 0 Å². The molecule has 3 heteroatoms.